The first-order chi connectivity index (χ1) is 17.3. The van der Waals surface area contributed by atoms with Crippen molar-refractivity contribution in [3.63, 3.8) is 0 Å². The number of nitrogens with one attached hydrogen (secondary N) is 2. The molecule has 0 radical (unpaired) electrons. The number of pyridine rings is 1. The molecule has 5 rings (SSSR count). The molecule has 0 amide bonds. The lowest BCUT2D eigenvalue weighted by Crippen LogP contribution is -2.23. The summed E-state index contributed by atoms with van der Waals surface area (Å²) in [6.07, 6.45) is 1.09. The summed E-state index contributed by atoms with van der Waals surface area (Å²) in [6, 6.07) is 6.91. The molecule has 2 N–H and O–H groups in total. The summed E-state index contributed by atoms with van der Waals surface area (Å²) in [5, 5.41) is 3.13. The second-order valence-electron chi connectivity index (χ2n) is 8.75. The number of esters is 1. The molecule has 1 aliphatic rings. The number of benzene rings is 1. The van der Waals surface area contributed by atoms with Crippen LogP contribution in [0, 0.1) is 11.6 Å². The Hall–Kier alpha value is -3.86. The van der Waals surface area contributed by atoms with E-state index in [1.807, 2.05) is 13.8 Å². The highest BCUT2D eigenvalue weighted by Crippen LogP contribution is 2.49. The van der Waals surface area contributed by atoms with E-state index in [-0.39, 0.29) is 23.0 Å². The predicted molar refractivity (Wildman–Crippen MR) is 127 cm³/mol. The van der Waals surface area contributed by atoms with Gasteiger partial charge in [0.1, 0.15) is 34.1 Å². The normalized spacial score (nSPS) is 15.1. The third-order valence-corrected chi connectivity index (χ3v) is 6.12. The van der Waals surface area contributed by atoms with E-state index >= 15 is 0 Å². The maximum absolute atomic E-state index is 14.8. The molecule has 1 unspecified atom stereocenters. The van der Waals surface area contributed by atoms with Crippen molar-refractivity contribution in [2.24, 2.45) is 0 Å². The number of nitrogens with zero attached hydrogens (tertiary/aromatic N) is 3. The first-order valence-corrected chi connectivity index (χ1v) is 11.6. The largest absolute Gasteiger partial charge is 0.468 e. The summed E-state index contributed by atoms with van der Waals surface area (Å²) >= 11 is 0. The fourth-order valence-electron chi connectivity index (χ4n) is 4.08. The van der Waals surface area contributed by atoms with Gasteiger partial charge in [0.15, 0.2) is 0 Å². The smallest absolute Gasteiger partial charge is 0.319 e. The van der Waals surface area contributed by atoms with Gasteiger partial charge in [0.2, 0.25) is 5.71 Å². The lowest BCUT2D eigenvalue weighted by Gasteiger charge is -2.10. The number of carbonyl (C=O) groups is 1. The van der Waals surface area contributed by atoms with Gasteiger partial charge in [0.05, 0.1) is 31.1 Å². The average molecular weight is 498 g/mol. The fraction of sp³-hybridized carbons (Fsp3) is 0.360. The van der Waals surface area contributed by atoms with Crippen LogP contribution in [-0.2, 0) is 19.7 Å². The van der Waals surface area contributed by atoms with Gasteiger partial charge in [-0.1, -0.05) is 0 Å². The van der Waals surface area contributed by atoms with Crippen molar-refractivity contribution in [2.75, 3.05) is 25.6 Å². The second-order valence-corrected chi connectivity index (χ2v) is 8.75. The highest BCUT2D eigenvalue weighted by atomic mass is 19.1. The maximum Gasteiger partial charge on any atom is 0.319 e. The van der Waals surface area contributed by atoms with Crippen molar-refractivity contribution in [1.82, 2.24) is 19.9 Å². The molecule has 0 aliphatic heterocycles. The Balaban J connectivity index is 1.57. The van der Waals surface area contributed by atoms with Gasteiger partial charge >= 0.3 is 5.97 Å². The van der Waals surface area contributed by atoms with Gasteiger partial charge in [0, 0.05) is 18.2 Å². The van der Waals surface area contributed by atoms with Gasteiger partial charge in [-0.3, -0.25) is 4.79 Å². The van der Waals surface area contributed by atoms with E-state index in [9.17, 15) is 13.6 Å². The van der Waals surface area contributed by atoms with Crippen LogP contribution in [0.4, 0.5) is 14.8 Å². The van der Waals surface area contributed by atoms with E-state index < -0.39 is 23.0 Å². The van der Waals surface area contributed by atoms with Crippen LogP contribution in [0.5, 0.6) is 0 Å². The lowest BCUT2D eigenvalue weighted by atomic mass is 10.1. The number of rotatable bonds is 9. The molecule has 9 nitrogen and oxygen atoms in total. The number of aromatic amines is 1. The van der Waals surface area contributed by atoms with E-state index in [0.29, 0.717) is 54.8 Å². The zero-order valence-corrected chi connectivity index (χ0v) is 20.0. The lowest BCUT2D eigenvalue weighted by molar-refractivity contribution is -0.143. The Kier molecular flexibility index (Phi) is 6.17. The number of carbonyl (C=O) groups excluding carboxylic acids is 1. The molecule has 11 heteroatoms. The number of fused-ring (bicyclic) bond motifs is 1. The van der Waals surface area contributed by atoms with Crippen LogP contribution in [0.15, 0.2) is 34.7 Å². The van der Waals surface area contributed by atoms with E-state index in [0.717, 1.165) is 12.1 Å². The van der Waals surface area contributed by atoms with Crippen LogP contribution in [0.2, 0.25) is 0 Å². The summed E-state index contributed by atoms with van der Waals surface area (Å²) in [7, 11) is 1.31. The van der Waals surface area contributed by atoms with E-state index in [4.69, 9.17) is 13.9 Å². The van der Waals surface area contributed by atoms with E-state index in [2.05, 4.69) is 25.3 Å². The van der Waals surface area contributed by atoms with E-state index in [1.54, 1.807) is 12.1 Å². The summed E-state index contributed by atoms with van der Waals surface area (Å²) in [4.78, 5) is 29.2. The number of H-pyrrole nitrogens is 1. The van der Waals surface area contributed by atoms with Crippen LogP contribution in [0.25, 0.3) is 33.9 Å². The van der Waals surface area contributed by atoms with Crippen LogP contribution < -0.4 is 5.32 Å². The number of anilines is 1. The highest BCUT2D eigenvalue weighted by molar-refractivity contribution is 5.87. The Morgan fingerprint density at radius 3 is 2.72 bits per heavy atom. The zero-order chi connectivity index (χ0) is 25.4. The molecular weight excluding hydrogens is 472 g/mol. The number of imidazole rings is 1. The van der Waals surface area contributed by atoms with Crippen LogP contribution >= 0.6 is 0 Å². The molecule has 0 bridgehead atoms. The standard InChI is InChI=1S/C25H25F2N5O4/c1-4-35-12-13(2)28-24-30-18-8-7-17(29-21(18)36-24)20-19(15-6-5-14(26)11-16(15)27)31-22(32-20)25(9-10-25)23(33)34-3/h5-8,11,13H,4,9-10,12H2,1-3H3,(H,28,30)(H,31,32). The van der Waals surface area contributed by atoms with Gasteiger partial charge in [0.25, 0.3) is 6.01 Å². The number of methoxy groups -OCH3 is 1. The van der Waals surface area contributed by atoms with Gasteiger partial charge in [-0.05, 0) is 51.0 Å². The number of hydrogen-bond donors (Lipinski definition) is 2. The minimum Gasteiger partial charge on any atom is -0.468 e. The third-order valence-electron chi connectivity index (χ3n) is 6.12. The Morgan fingerprint density at radius 1 is 1.22 bits per heavy atom. The third kappa shape index (κ3) is 4.30. The first-order valence-electron chi connectivity index (χ1n) is 11.6. The summed E-state index contributed by atoms with van der Waals surface area (Å²) in [5.74, 6) is -1.58. The number of oxazole rings is 1. The zero-order valence-electron chi connectivity index (χ0n) is 20.0. The van der Waals surface area contributed by atoms with Gasteiger partial charge in [-0.15, -0.1) is 0 Å². The first kappa shape index (κ1) is 23.9. The minimum absolute atomic E-state index is 0.0336. The van der Waals surface area contributed by atoms with Crippen molar-refractivity contribution < 1.29 is 27.5 Å². The molecule has 1 atom stereocenters. The van der Waals surface area contributed by atoms with E-state index in [1.165, 1.54) is 13.2 Å². The molecule has 36 heavy (non-hydrogen) atoms. The topological polar surface area (TPSA) is 115 Å². The number of aromatic nitrogens is 4. The molecule has 0 spiro atoms. The molecule has 4 aromatic rings. The molecule has 1 aromatic carbocycles. The summed E-state index contributed by atoms with van der Waals surface area (Å²) in [6.45, 7) is 4.94. The number of halogens is 2. The summed E-state index contributed by atoms with van der Waals surface area (Å²) in [5.41, 5.74) is 0.882. The molecule has 1 fully saturated rings. The van der Waals surface area contributed by atoms with Gasteiger partial charge < -0.3 is 24.2 Å². The van der Waals surface area contributed by atoms with Crippen molar-refractivity contribution in [3.8, 4) is 22.6 Å². The Morgan fingerprint density at radius 2 is 2.03 bits per heavy atom. The van der Waals surface area contributed by atoms with Crippen molar-refractivity contribution in [1.29, 1.82) is 0 Å². The van der Waals surface area contributed by atoms with Crippen molar-refractivity contribution in [2.45, 2.75) is 38.1 Å². The molecule has 3 aromatic heterocycles. The Bertz CT molecular complexity index is 1430. The van der Waals surface area contributed by atoms with Crippen molar-refractivity contribution in [3.05, 3.63) is 47.8 Å². The molecule has 3 heterocycles. The molecule has 1 saturated carbocycles. The van der Waals surface area contributed by atoms with Crippen molar-refractivity contribution >= 4 is 23.2 Å². The second kappa shape index (κ2) is 9.30. The monoisotopic (exact) mass is 497 g/mol. The quantitative estimate of drug-likeness (QED) is 0.323. The molecular formula is C25H25F2N5O4. The summed E-state index contributed by atoms with van der Waals surface area (Å²) < 4.78 is 44.6. The minimum atomic E-state index is -0.928. The number of hydrogen-bond acceptors (Lipinski definition) is 8. The number of ether oxygens (including phenoxy) is 2. The molecule has 0 saturated heterocycles. The fourth-order valence-corrected chi connectivity index (χ4v) is 4.08. The molecule has 188 valence electrons. The molecule has 1 aliphatic carbocycles. The van der Waals surface area contributed by atoms with Gasteiger partial charge in [-0.2, -0.15) is 4.98 Å². The predicted octanol–water partition coefficient (Wildman–Crippen LogP) is 4.60. The van der Waals surface area contributed by atoms with Crippen LogP contribution in [0.3, 0.4) is 0 Å². The maximum atomic E-state index is 14.8. The highest BCUT2D eigenvalue weighted by Gasteiger charge is 2.55. The van der Waals surface area contributed by atoms with Gasteiger partial charge in [-0.25, -0.2) is 18.7 Å². The average Bonchev–Trinajstić information content (AvgIpc) is 3.39. The Labute approximate surface area is 205 Å². The van der Waals surface area contributed by atoms with Crippen LogP contribution in [0.1, 0.15) is 32.5 Å². The SMILES string of the molecule is CCOCC(C)Nc1nc2ccc(-c3[nH]c(C4(C(=O)OC)CC4)nc3-c3ccc(F)cc3F)nc2o1. The van der Waals surface area contributed by atoms with Crippen LogP contribution in [-0.4, -0.2) is 52.3 Å².